The minimum atomic E-state index is -0.627. The molecule has 0 aromatic heterocycles. The van der Waals surface area contributed by atoms with E-state index < -0.39 is 6.16 Å². The summed E-state index contributed by atoms with van der Waals surface area (Å²) in [6.45, 7) is 5.18. The summed E-state index contributed by atoms with van der Waals surface area (Å²) in [6.07, 6.45) is 0.529. The Morgan fingerprint density at radius 3 is 2.74 bits per heavy atom. The Kier molecular flexibility index (Phi) is 4.63. The number of esters is 1. The van der Waals surface area contributed by atoms with E-state index in [-0.39, 0.29) is 36.6 Å². The first-order chi connectivity index (χ1) is 9.10. The van der Waals surface area contributed by atoms with Gasteiger partial charge in [0.1, 0.15) is 25.4 Å². The lowest BCUT2D eigenvalue weighted by molar-refractivity contribution is -0.150. The summed E-state index contributed by atoms with van der Waals surface area (Å²) in [5, 5.41) is 0. The highest BCUT2D eigenvalue weighted by atomic mass is 16.8. The number of ether oxygens (including phenoxy) is 4. The molecule has 2 saturated heterocycles. The molecule has 0 amide bonds. The third kappa shape index (κ3) is 4.09. The molecule has 0 radical (unpaired) electrons. The van der Waals surface area contributed by atoms with Crippen molar-refractivity contribution in [2.75, 3.05) is 19.8 Å². The third-order valence-corrected chi connectivity index (χ3v) is 3.54. The second kappa shape index (κ2) is 6.23. The Morgan fingerprint density at radius 2 is 2.21 bits per heavy atom. The van der Waals surface area contributed by atoms with E-state index in [2.05, 4.69) is 0 Å². The number of hydrogen-bond donors (Lipinski definition) is 0. The van der Waals surface area contributed by atoms with Gasteiger partial charge in [-0.15, -0.1) is 0 Å². The molecule has 0 saturated carbocycles. The molecule has 0 spiro atoms. The van der Waals surface area contributed by atoms with Gasteiger partial charge < -0.3 is 18.9 Å². The molecule has 2 rings (SSSR count). The number of hydrogen-bond acceptors (Lipinski definition) is 6. The van der Waals surface area contributed by atoms with E-state index in [4.69, 9.17) is 18.9 Å². The Balaban J connectivity index is 1.76. The molecule has 2 heterocycles. The van der Waals surface area contributed by atoms with E-state index >= 15 is 0 Å². The Labute approximate surface area is 112 Å². The van der Waals surface area contributed by atoms with Gasteiger partial charge in [-0.2, -0.15) is 0 Å². The second-order valence-electron chi connectivity index (χ2n) is 5.12. The van der Waals surface area contributed by atoms with Gasteiger partial charge in [0, 0.05) is 0 Å². The molecule has 0 bridgehead atoms. The third-order valence-electron chi connectivity index (χ3n) is 3.54. The van der Waals surface area contributed by atoms with Gasteiger partial charge in [-0.25, -0.2) is 4.79 Å². The monoisotopic (exact) mass is 272 g/mol. The van der Waals surface area contributed by atoms with E-state index in [9.17, 15) is 9.59 Å². The molecule has 108 valence electrons. The van der Waals surface area contributed by atoms with Crippen LogP contribution in [0.1, 0.15) is 26.7 Å². The first-order valence-electron chi connectivity index (χ1n) is 6.71. The summed E-state index contributed by atoms with van der Waals surface area (Å²) < 4.78 is 20.0. The van der Waals surface area contributed by atoms with Crippen LogP contribution in [0.3, 0.4) is 0 Å². The van der Waals surface area contributed by atoms with Crippen molar-refractivity contribution in [3.8, 4) is 0 Å². The Bertz CT molecular complexity index is 338. The van der Waals surface area contributed by atoms with Gasteiger partial charge in [-0.05, 0) is 18.8 Å². The Morgan fingerprint density at radius 1 is 1.47 bits per heavy atom. The fourth-order valence-electron chi connectivity index (χ4n) is 2.11. The van der Waals surface area contributed by atoms with Crippen molar-refractivity contribution in [1.82, 2.24) is 0 Å². The average molecular weight is 272 g/mol. The molecule has 6 nitrogen and oxygen atoms in total. The first kappa shape index (κ1) is 14.1. The van der Waals surface area contributed by atoms with Gasteiger partial charge in [-0.3, -0.25) is 4.79 Å². The van der Waals surface area contributed by atoms with Crippen LogP contribution < -0.4 is 0 Å². The topological polar surface area (TPSA) is 74.4 Å². The van der Waals surface area contributed by atoms with Crippen molar-refractivity contribution < 1.29 is 28.5 Å². The predicted octanol–water partition coefficient (Wildman–Crippen LogP) is 1.52. The minimum Gasteiger partial charge on any atom is -0.463 e. The van der Waals surface area contributed by atoms with Gasteiger partial charge in [-0.1, -0.05) is 13.8 Å². The highest BCUT2D eigenvalue weighted by Crippen LogP contribution is 2.25. The summed E-state index contributed by atoms with van der Waals surface area (Å²) >= 11 is 0. The summed E-state index contributed by atoms with van der Waals surface area (Å²) in [7, 11) is 0. The highest BCUT2D eigenvalue weighted by Gasteiger charge is 2.33. The first-order valence-corrected chi connectivity index (χ1v) is 6.71. The lowest BCUT2D eigenvalue weighted by atomic mass is 9.90. The molecule has 0 N–H and O–H groups in total. The highest BCUT2D eigenvalue weighted by molar-refractivity contribution is 5.72. The fraction of sp³-hybridized carbons (Fsp3) is 0.846. The van der Waals surface area contributed by atoms with Crippen LogP contribution in [0.15, 0.2) is 0 Å². The van der Waals surface area contributed by atoms with Crippen LogP contribution in [-0.4, -0.2) is 44.2 Å². The number of carbonyl (C=O) groups excluding carboxylic acids is 2. The molecule has 0 aliphatic carbocycles. The van der Waals surface area contributed by atoms with E-state index in [0.29, 0.717) is 26.1 Å². The maximum absolute atomic E-state index is 11.9. The van der Waals surface area contributed by atoms with E-state index in [1.165, 1.54) is 0 Å². The van der Waals surface area contributed by atoms with Crippen molar-refractivity contribution in [2.45, 2.75) is 38.9 Å². The zero-order valence-corrected chi connectivity index (χ0v) is 11.3. The molecule has 4 atom stereocenters. The van der Waals surface area contributed by atoms with Crippen molar-refractivity contribution in [3.05, 3.63) is 0 Å². The fourth-order valence-corrected chi connectivity index (χ4v) is 2.11. The van der Waals surface area contributed by atoms with Gasteiger partial charge in [0.15, 0.2) is 0 Å². The SMILES string of the molecule is CCC(CC(C)C1COC(=O)O1)C(=O)OCC1CO1. The number of rotatable bonds is 7. The van der Waals surface area contributed by atoms with Crippen LogP contribution in [0.4, 0.5) is 4.79 Å². The molecule has 0 aromatic carbocycles. The van der Waals surface area contributed by atoms with Gasteiger partial charge in [0.2, 0.25) is 0 Å². The van der Waals surface area contributed by atoms with E-state index in [1.807, 2.05) is 13.8 Å². The summed E-state index contributed by atoms with van der Waals surface area (Å²) in [5.74, 6) is -0.302. The maximum Gasteiger partial charge on any atom is 0.508 e. The van der Waals surface area contributed by atoms with Crippen molar-refractivity contribution in [1.29, 1.82) is 0 Å². The number of cyclic esters (lactones) is 2. The average Bonchev–Trinajstić information content (AvgIpc) is 3.13. The molecule has 2 fully saturated rings. The smallest absolute Gasteiger partial charge is 0.463 e. The molecule has 2 aliphatic rings. The molecule has 4 unspecified atom stereocenters. The number of epoxide rings is 1. The zero-order chi connectivity index (χ0) is 13.8. The second-order valence-corrected chi connectivity index (χ2v) is 5.12. The molecular formula is C13H20O6. The van der Waals surface area contributed by atoms with E-state index in [0.717, 1.165) is 0 Å². The van der Waals surface area contributed by atoms with Crippen molar-refractivity contribution in [3.63, 3.8) is 0 Å². The van der Waals surface area contributed by atoms with Crippen molar-refractivity contribution in [2.24, 2.45) is 11.8 Å². The largest absolute Gasteiger partial charge is 0.508 e. The normalized spacial score (nSPS) is 28.2. The van der Waals surface area contributed by atoms with Crippen LogP contribution >= 0.6 is 0 Å². The summed E-state index contributed by atoms with van der Waals surface area (Å²) in [4.78, 5) is 22.8. The lowest BCUT2D eigenvalue weighted by Gasteiger charge is -2.21. The van der Waals surface area contributed by atoms with Crippen LogP contribution in [-0.2, 0) is 23.7 Å². The standard InChI is InChI=1S/C13H20O6/c1-3-9(12(14)17-6-10-5-16-10)4-8(2)11-7-18-13(15)19-11/h8-11H,3-7H2,1-2H3. The van der Waals surface area contributed by atoms with Crippen LogP contribution in [0.25, 0.3) is 0 Å². The van der Waals surface area contributed by atoms with Crippen LogP contribution in [0.5, 0.6) is 0 Å². The quantitative estimate of drug-likeness (QED) is 0.516. The van der Waals surface area contributed by atoms with Crippen LogP contribution in [0.2, 0.25) is 0 Å². The minimum absolute atomic E-state index is 0.0705. The number of carbonyl (C=O) groups is 2. The molecule has 2 aliphatic heterocycles. The predicted molar refractivity (Wildman–Crippen MR) is 64.5 cm³/mol. The Hall–Kier alpha value is -1.30. The molecule has 0 aromatic rings. The molecular weight excluding hydrogens is 252 g/mol. The van der Waals surface area contributed by atoms with Gasteiger partial charge in [0.05, 0.1) is 12.5 Å². The molecule has 19 heavy (non-hydrogen) atoms. The maximum atomic E-state index is 11.9. The van der Waals surface area contributed by atoms with Gasteiger partial charge in [0.25, 0.3) is 0 Å². The lowest BCUT2D eigenvalue weighted by Crippen LogP contribution is -2.27. The summed E-state index contributed by atoms with van der Waals surface area (Å²) in [6, 6.07) is 0. The molecule has 6 heteroatoms. The summed E-state index contributed by atoms with van der Waals surface area (Å²) in [5.41, 5.74) is 0. The van der Waals surface area contributed by atoms with Crippen molar-refractivity contribution >= 4 is 12.1 Å². The van der Waals surface area contributed by atoms with Gasteiger partial charge >= 0.3 is 12.1 Å². The van der Waals surface area contributed by atoms with E-state index in [1.54, 1.807) is 0 Å². The zero-order valence-electron chi connectivity index (χ0n) is 11.3. The van der Waals surface area contributed by atoms with Crippen LogP contribution in [0, 0.1) is 11.8 Å².